The third kappa shape index (κ3) is 3.49. The zero-order chi connectivity index (χ0) is 19.0. The molecule has 0 amide bonds. The molecule has 2 aromatic heterocycles. The summed E-state index contributed by atoms with van der Waals surface area (Å²) in [5.41, 5.74) is 6.42. The molecule has 27 heavy (non-hydrogen) atoms. The molecular weight excluding hydrogens is 339 g/mol. The van der Waals surface area contributed by atoms with Crippen molar-refractivity contribution in [1.29, 1.82) is 0 Å². The highest BCUT2D eigenvalue weighted by Crippen LogP contribution is 2.33. The molecule has 4 nitrogen and oxygen atoms in total. The Hall–Kier alpha value is -3.34. The van der Waals surface area contributed by atoms with Crippen molar-refractivity contribution in [2.45, 2.75) is 20.8 Å². The van der Waals surface area contributed by atoms with Crippen LogP contribution in [0.5, 0.6) is 0 Å². The van der Waals surface area contributed by atoms with Gasteiger partial charge in [0, 0.05) is 11.8 Å². The molecule has 0 aliphatic carbocycles. The molecule has 0 radical (unpaired) electrons. The first-order valence-corrected chi connectivity index (χ1v) is 8.74. The van der Waals surface area contributed by atoms with Crippen molar-refractivity contribution in [2.75, 3.05) is 0 Å². The number of fused-ring (bicyclic) bond motifs is 1. The van der Waals surface area contributed by atoms with Gasteiger partial charge in [-0.05, 0) is 86.0 Å². The van der Waals surface area contributed by atoms with Crippen LogP contribution in [0.1, 0.15) is 16.7 Å². The molecule has 134 valence electrons. The van der Waals surface area contributed by atoms with Crippen LogP contribution < -0.4 is 0 Å². The summed E-state index contributed by atoms with van der Waals surface area (Å²) in [6.07, 6.45) is 1.93. The number of nitrogens with zero attached hydrogens (tertiary/aromatic N) is 4. The minimum atomic E-state index is -0.281. The van der Waals surface area contributed by atoms with Gasteiger partial charge in [-0.2, -0.15) is 0 Å². The Morgan fingerprint density at radius 2 is 1.52 bits per heavy atom. The van der Waals surface area contributed by atoms with Crippen LogP contribution >= 0.6 is 0 Å². The number of imidazole rings is 1. The topological polar surface area (TPSA) is 42.0 Å². The molecule has 0 N–H and O–H groups in total. The first-order chi connectivity index (χ1) is 13.0. The van der Waals surface area contributed by atoms with Crippen molar-refractivity contribution in [1.82, 2.24) is 9.38 Å². The zero-order valence-electron chi connectivity index (χ0n) is 15.4. The molecule has 4 rings (SSSR count). The van der Waals surface area contributed by atoms with E-state index in [1.165, 1.54) is 12.1 Å². The zero-order valence-corrected chi connectivity index (χ0v) is 15.4. The number of aryl methyl sites for hydroxylation is 3. The van der Waals surface area contributed by atoms with Crippen molar-refractivity contribution in [3.63, 3.8) is 0 Å². The Kier molecular flexibility index (Phi) is 4.28. The van der Waals surface area contributed by atoms with Gasteiger partial charge in [-0.15, -0.1) is 10.2 Å². The summed E-state index contributed by atoms with van der Waals surface area (Å²) >= 11 is 0. The first-order valence-electron chi connectivity index (χ1n) is 8.74. The second-order valence-electron chi connectivity index (χ2n) is 6.77. The number of benzene rings is 2. The van der Waals surface area contributed by atoms with Crippen molar-refractivity contribution >= 4 is 17.2 Å². The van der Waals surface area contributed by atoms with Gasteiger partial charge in [0.2, 0.25) is 0 Å². The maximum Gasteiger partial charge on any atom is 0.187 e. The standard InChI is InChI=1S/C22H19FN4/c1-14-8-9-27-20(13-14)24-21(17-4-6-18(23)7-5-17)22(27)26-25-19-11-15(2)10-16(3)12-19/h4-13H,1-3H3. The van der Waals surface area contributed by atoms with E-state index in [0.29, 0.717) is 11.5 Å². The molecule has 2 aromatic carbocycles. The van der Waals surface area contributed by atoms with Gasteiger partial charge >= 0.3 is 0 Å². The van der Waals surface area contributed by atoms with E-state index >= 15 is 0 Å². The van der Waals surface area contributed by atoms with Crippen LogP contribution in [-0.4, -0.2) is 9.38 Å². The van der Waals surface area contributed by atoms with Crippen LogP contribution in [0.15, 0.2) is 71.0 Å². The Balaban J connectivity index is 1.88. The minimum absolute atomic E-state index is 0.281. The number of pyridine rings is 1. The average Bonchev–Trinajstić information content (AvgIpc) is 2.97. The number of azo groups is 1. The van der Waals surface area contributed by atoms with Gasteiger partial charge in [0.15, 0.2) is 5.82 Å². The second kappa shape index (κ2) is 6.76. The Morgan fingerprint density at radius 1 is 0.815 bits per heavy atom. The number of halogens is 1. The van der Waals surface area contributed by atoms with Crippen LogP contribution in [0.2, 0.25) is 0 Å². The van der Waals surface area contributed by atoms with Gasteiger partial charge in [-0.1, -0.05) is 6.07 Å². The lowest BCUT2D eigenvalue weighted by Gasteiger charge is -2.01. The van der Waals surface area contributed by atoms with Gasteiger partial charge < -0.3 is 0 Å². The fraction of sp³-hybridized carbons (Fsp3) is 0.136. The molecule has 0 unspecified atom stereocenters. The molecule has 4 aromatic rings. The van der Waals surface area contributed by atoms with Crippen LogP contribution in [-0.2, 0) is 0 Å². The molecule has 0 aliphatic heterocycles. The monoisotopic (exact) mass is 358 g/mol. The van der Waals surface area contributed by atoms with Crippen molar-refractivity contribution < 1.29 is 4.39 Å². The summed E-state index contributed by atoms with van der Waals surface area (Å²) in [6, 6.07) is 16.3. The fourth-order valence-electron chi connectivity index (χ4n) is 3.14. The van der Waals surface area contributed by atoms with E-state index in [9.17, 15) is 4.39 Å². The van der Waals surface area contributed by atoms with Gasteiger partial charge in [-0.25, -0.2) is 9.37 Å². The first kappa shape index (κ1) is 17.1. The van der Waals surface area contributed by atoms with E-state index in [4.69, 9.17) is 4.98 Å². The Labute approximate surface area is 157 Å². The predicted octanol–water partition coefficient (Wildman–Crippen LogP) is 6.48. The quantitative estimate of drug-likeness (QED) is 0.386. The van der Waals surface area contributed by atoms with Gasteiger partial charge in [0.25, 0.3) is 0 Å². The van der Waals surface area contributed by atoms with E-state index in [0.717, 1.165) is 33.6 Å². The molecule has 0 spiro atoms. The lowest BCUT2D eigenvalue weighted by Crippen LogP contribution is -1.84. The van der Waals surface area contributed by atoms with E-state index in [1.807, 2.05) is 55.6 Å². The summed E-state index contributed by atoms with van der Waals surface area (Å²) in [5, 5.41) is 8.94. The van der Waals surface area contributed by atoms with Gasteiger partial charge in [0.05, 0.1) is 5.69 Å². The molecule has 0 fully saturated rings. The van der Waals surface area contributed by atoms with Gasteiger partial charge in [-0.3, -0.25) is 4.40 Å². The molecule has 0 saturated carbocycles. The third-order valence-corrected chi connectivity index (χ3v) is 4.34. The molecule has 2 heterocycles. The summed E-state index contributed by atoms with van der Waals surface area (Å²) in [6.45, 7) is 6.09. The van der Waals surface area contributed by atoms with Crippen LogP contribution in [0.25, 0.3) is 16.9 Å². The molecule has 0 aliphatic rings. The van der Waals surface area contributed by atoms with E-state index in [-0.39, 0.29) is 5.82 Å². The van der Waals surface area contributed by atoms with Crippen LogP contribution in [0, 0.1) is 26.6 Å². The maximum absolute atomic E-state index is 13.3. The summed E-state index contributed by atoms with van der Waals surface area (Å²) in [4.78, 5) is 4.71. The maximum atomic E-state index is 13.3. The Morgan fingerprint density at radius 3 is 2.22 bits per heavy atom. The molecule has 0 atom stereocenters. The lowest BCUT2D eigenvalue weighted by atomic mass is 10.1. The van der Waals surface area contributed by atoms with Crippen molar-refractivity contribution in [3.05, 3.63) is 83.3 Å². The van der Waals surface area contributed by atoms with Crippen LogP contribution in [0.4, 0.5) is 15.9 Å². The second-order valence-corrected chi connectivity index (χ2v) is 6.77. The SMILES string of the molecule is Cc1cc(C)cc(N=Nc2c(-c3ccc(F)cc3)nc3cc(C)ccn23)c1. The summed E-state index contributed by atoms with van der Waals surface area (Å²) < 4.78 is 15.2. The highest BCUT2D eigenvalue weighted by Gasteiger charge is 2.14. The van der Waals surface area contributed by atoms with Crippen LogP contribution in [0.3, 0.4) is 0 Å². The summed E-state index contributed by atoms with van der Waals surface area (Å²) in [5.74, 6) is 0.340. The fourth-order valence-corrected chi connectivity index (χ4v) is 3.14. The summed E-state index contributed by atoms with van der Waals surface area (Å²) in [7, 11) is 0. The average molecular weight is 358 g/mol. The van der Waals surface area contributed by atoms with E-state index in [1.54, 1.807) is 12.1 Å². The van der Waals surface area contributed by atoms with E-state index < -0.39 is 0 Å². The highest BCUT2D eigenvalue weighted by molar-refractivity contribution is 5.74. The van der Waals surface area contributed by atoms with Gasteiger partial charge in [0.1, 0.15) is 17.2 Å². The molecule has 0 saturated heterocycles. The van der Waals surface area contributed by atoms with Crippen molar-refractivity contribution in [3.8, 4) is 11.3 Å². The number of hydrogen-bond acceptors (Lipinski definition) is 3. The lowest BCUT2D eigenvalue weighted by molar-refractivity contribution is 0.628. The molecular formula is C22H19FN4. The Bertz CT molecular complexity index is 1140. The normalized spacial score (nSPS) is 11.6. The van der Waals surface area contributed by atoms with E-state index in [2.05, 4.69) is 16.3 Å². The van der Waals surface area contributed by atoms with Crippen molar-refractivity contribution in [2.24, 2.45) is 10.2 Å². The number of aromatic nitrogens is 2. The predicted molar refractivity (Wildman–Crippen MR) is 105 cm³/mol. The minimum Gasteiger partial charge on any atom is -0.283 e. The highest BCUT2D eigenvalue weighted by atomic mass is 19.1. The third-order valence-electron chi connectivity index (χ3n) is 4.34. The number of hydrogen-bond donors (Lipinski definition) is 0. The largest absolute Gasteiger partial charge is 0.283 e. The molecule has 0 bridgehead atoms. The number of rotatable bonds is 3. The molecule has 5 heteroatoms. The smallest absolute Gasteiger partial charge is 0.187 e.